The Morgan fingerprint density at radius 2 is 2.08 bits per heavy atom. The molecule has 9 heteroatoms. The number of benzene rings is 1. The van der Waals surface area contributed by atoms with Crippen LogP contribution in [-0.2, 0) is 22.6 Å². The summed E-state index contributed by atoms with van der Waals surface area (Å²) < 4.78 is 38.2. The molecule has 1 aromatic rings. The second-order valence-corrected chi connectivity index (χ2v) is 6.79. The number of hydrogen-bond donors (Lipinski definition) is 2. The molecule has 2 atom stereocenters. The molecule has 0 aliphatic carbocycles. The second kappa shape index (κ2) is 8.26. The van der Waals surface area contributed by atoms with Crippen LogP contribution < -0.4 is 11.1 Å². The third-order valence-corrected chi connectivity index (χ3v) is 4.68. The molecule has 2 rings (SSSR count). The molecule has 0 saturated carbocycles. The van der Waals surface area contributed by atoms with Gasteiger partial charge in [0, 0.05) is 25.0 Å². The summed E-state index contributed by atoms with van der Waals surface area (Å²) in [6.07, 6.45) is -3.62. The average Bonchev–Trinajstić information content (AvgIpc) is 3.03. The molecule has 0 radical (unpaired) electrons. The summed E-state index contributed by atoms with van der Waals surface area (Å²) in [5, 5.41) is 3.04. The topological polar surface area (TPSA) is 75.4 Å². The minimum absolute atomic E-state index is 0.0154. The number of nitrogens with two attached hydrogens (primary N) is 1. The van der Waals surface area contributed by atoms with Crippen molar-refractivity contribution in [1.82, 2.24) is 10.2 Å². The van der Waals surface area contributed by atoms with E-state index in [9.17, 15) is 22.8 Å². The van der Waals surface area contributed by atoms with Crippen molar-refractivity contribution in [3.63, 3.8) is 0 Å². The minimum atomic E-state index is -4.51. The molecular formula is C17H21ClF3N3O2. The van der Waals surface area contributed by atoms with E-state index in [0.29, 0.717) is 29.1 Å². The summed E-state index contributed by atoms with van der Waals surface area (Å²) in [6.45, 7) is 1.94. The molecule has 1 fully saturated rings. The van der Waals surface area contributed by atoms with Gasteiger partial charge in [-0.2, -0.15) is 13.2 Å². The molecule has 26 heavy (non-hydrogen) atoms. The zero-order valence-electron chi connectivity index (χ0n) is 14.3. The Hall–Kier alpha value is -1.80. The summed E-state index contributed by atoms with van der Waals surface area (Å²) in [4.78, 5) is 25.4. The van der Waals surface area contributed by atoms with Gasteiger partial charge < -0.3 is 16.0 Å². The van der Waals surface area contributed by atoms with E-state index in [1.807, 2.05) is 0 Å². The molecule has 1 aliphatic heterocycles. The smallest absolute Gasteiger partial charge is 0.350 e. The van der Waals surface area contributed by atoms with Gasteiger partial charge in [0.2, 0.25) is 11.8 Å². The van der Waals surface area contributed by atoms with Crippen LogP contribution in [0.1, 0.15) is 30.9 Å². The van der Waals surface area contributed by atoms with Gasteiger partial charge in [-0.3, -0.25) is 9.59 Å². The predicted octanol–water partition coefficient (Wildman–Crippen LogP) is 2.40. The predicted molar refractivity (Wildman–Crippen MR) is 91.4 cm³/mol. The summed E-state index contributed by atoms with van der Waals surface area (Å²) in [6, 6.07) is 1.93. The standard InChI is InChI=1S/C17H21ClF3N3O2/c1-10(25)24-6-2-3-14(24)16(26)23-9-12-7-13(18)5-4-11(12)8-15(22)17(19,20)21/h4-5,7,14-15H,2-3,6,8-9,22H2,1H3,(H,23,26). The molecule has 1 saturated heterocycles. The molecular weight excluding hydrogens is 371 g/mol. The summed E-state index contributed by atoms with van der Waals surface area (Å²) in [7, 11) is 0. The van der Waals surface area contributed by atoms with Gasteiger partial charge in [-0.05, 0) is 42.5 Å². The fourth-order valence-electron chi connectivity index (χ4n) is 3.03. The number of amides is 2. The molecule has 1 heterocycles. The first-order valence-electron chi connectivity index (χ1n) is 8.24. The van der Waals surface area contributed by atoms with Gasteiger partial charge in [-0.1, -0.05) is 17.7 Å². The second-order valence-electron chi connectivity index (χ2n) is 6.35. The van der Waals surface area contributed by atoms with Crippen LogP contribution in [-0.4, -0.2) is 41.5 Å². The van der Waals surface area contributed by atoms with Crippen LogP contribution in [0.3, 0.4) is 0 Å². The molecule has 0 spiro atoms. The van der Waals surface area contributed by atoms with Crippen LogP contribution in [0, 0.1) is 0 Å². The first-order chi connectivity index (χ1) is 12.1. The molecule has 3 N–H and O–H groups in total. The maximum atomic E-state index is 12.7. The number of halogens is 4. The highest BCUT2D eigenvalue weighted by molar-refractivity contribution is 6.30. The molecule has 1 aromatic carbocycles. The zero-order valence-corrected chi connectivity index (χ0v) is 15.0. The molecule has 5 nitrogen and oxygen atoms in total. The maximum Gasteiger partial charge on any atom is 0.403 e. The highest BCUT2D eigenvalue weighted by Crippen LogP contribution is 2.24. The van der Waals surface area contributed by atoms with E-state index in [0.717, 1.165) is 6.42 Å². The SMILES string of the molecule is CC(=O)N1CCCC1C(=O)NCc1cc(Cl)ccc1CC(N)C(F)(F)F. The van der Waals surface area contributed by atoms with E-state index in [-0.39, 0.29) is 18.4 Å². The molecule has 2 amide bonds. The van der Waals surface area contributed by atoms with Crippen molar-refractivity contribution >= 4 is 23.4 Å². The number of likely N-dealkylation sites (tertiary alicyclic amines) is 1. The number of alkyl halides is 3. The van der Waals surface area contributed by atoms with E-state index in [2.05, 4.69) is 5.32 Å². The number of nitrogens with zero attached hydrogens (tertiary/aromatic N) is 1. The minimum Gasteiger partial charge on any atom is -0.350 e. The number of rotatable bonds is 5. The summed E-state index contributed by atoms with van der Waals surface area (Å²) in [5.41, 5.74) is 6.05. The number of carbonyl (C=O) groups excluding carboxylic acids is 2. The van der Waals surface area contributed by atoms with Gasteiger partial charge in [0.25, 0.3) is 0 Å². The fraction of sp³-hybridized carbons (Fsp3) is 0.529. The highest BCUT2D eigenvalue weighted by Gasteiger charge is 2.37. The lowest BCUT2D eigenvalue weighted by Gasteiger charge is -2.23. The van der Waals surface area contributed by atoms with Crippen LogP contribution in [0.25, 0.3) is 0 Å². The van der Waals surface area contributed by atoms with Crippen molar-refractivity contribution in [3.05, 3.63) is 34.3 Å². The lowest BCUT2D eigenvalue weighted by molar-refractivity contribution is -0.147. The van der Waals surface area contributed by atoms with E-state index >= 15 is 0 Å². The number of carbonyl (C=O) groups is 2. The first-order valence-corrected chi connectivity index (χ1v) is 8.62. The molecule has 1 aliphatic rings. The van der Waals surface area contributed by atoms with Crippen molar-refractivity contribution in [1.29, 1.82) is 0 Å². The molecule has 0 bridgehead atoms. The van der Waals surface area contributed by atoms with Crippen molar-refractivity contribution in [3.8, 4) is 0 Å². The van der Waals surface area contributed by atoms with Crippen LogP contribution >= 0.6 is 11.6 Å². The fourth-order valence-corrected chi connectivity index (χ4v) is 3.22. The molecule has 0 aromatic heterocycles. The Bertz CT molecular complexity index is 682. The molecule has 144 valence electrons. The van der Waals surface area contributed by atoms with Gasteiger partial charge in [-0.15, -0.1) is 0 Å². The Morgan fingerprint density at radius 3 is 2.69 bits per heavy atom. The third kappa shape index (κ3) is 5.11. The van der Waals surface area contributed by atoms with Gasteiger partial charge >= 0.3 is 6.18 Å². The lowest BCUT2D eigenvalue weighted by atomic mass is 10.00. The quantitative estimate of drug-likeness (QED) is 0.809. The summed E-state index contributed by atoms with van der Waals surface area (Å²) in [5.74, 6) is -0.508. The Labute approximate surface area is 154 Å². The van der Waals surface area contributed by atoms with E-state index in [1.54, 1.807) is 0 Å². The van der Waals surface area contributed by atoms with Gasteiger partial charge in [-0.25, -0.2) is 0 Å². The average molecular weight is 392 g/mol. The number of hydrogen-bond acceptors (Lipinski definition) is 3. The normalized spacial score (nSPS) is 18.7. The Balaban J connectivity index is 2.08. The van der Waals surface area contributed by atoms with Crippen LogP contribution in [0.15, 0.2) is 18.2 Å². The van der Waals surface area contributed by atoms with E-state index in [1.165, 1.54) is 30.0 Å². The van der Waals surface area contributed by atoms with Crippen molar-refractivity contribution < 1.29 is 22.8 Å². The monoisotopic (exact) mass is 391 g/mol. The van der Waals surface area contributed by atoms with Crippen molar-refractivity contribution in [2.75, 3.05) is 6.54 Å². The maximum absolute atomic E-state index is 12.7. The zero-order chi connectivity index (χ0) is 19.5. The Morgan fingerprint density at radius 1 is 1.38 bits per heavy atom. The van der Waals surface area contributed by atoms with Crippen molar-refractivity contribution in [2.45, 2.75) is 51.0 Å². The number of nitrogens with one attached hydrogen (secondary N) is 1. The Kier molecular flexibility index (Phi) is 6.52. The van der Waals surface area contributed by atoms with Gasteiger partial charge in [0.05, 0.1) is 0 Å². The van der Waals surface area contributed by atoms with Gasteiger partial charge in [0.1, 0.15) is 12.1 Å². The largest absolute Gasteiger partial charge is 0.403 e. The van der Waals surface area contributed by atoms with Crippen LogP contribution in [0.5, 0.6) is 0 Å². The van der Waals surface area contributed by atoms with Gasteiger partial charge in [0.15, 0.2) is 0 Å². The van der Waals surface area contributed by atoms with E-state index < -0.39 is 24.7 Å². The summed E-state index contributed by atoms with van der Waals surface area (Å²) >= 11 is 5.93. The lowest BCUT2D eigenvalue weighted by Crippen LogP contribution is -2.45. The third-order valence-electron chi connectivity index (χ3n) is 4.44. The first kappa shape index (κ1) is 20.5. The molecule has 2 unspecified atom stereocenters. The van der Waals surface area contributed by atoms with Crippen LogP contribution in [0.4, 0.5) is 13.2 Å². The van der Waals surface area contributed by atoms with Crippen molar-refractivity contribution in [2.24, 2.45) is 5.73 Å². The highest BCUT2D eigenvalue weighted by atomic mass is 35.5. The van der Waals surface area contributed by atoms with Crippen LogP contribution in [0.2, 0.25) is 5.02 Å². The van der Waals surface area contributed by atoms with E-state index in [4.69, 9.17) is 17.3 Å².